The Kier molecular flexibility index (Phi) is 4.55. The van der Waals surface area contributed by atoms with Gasteiger partial charge >= 0.3 is 0 Å². The van der Waals surface area contributed by atoms with Crippen molar-refractivity contribution in [2.24, 2.45) is 0 Å². The molecule has 5 heteroatoms. The third-order valence-corrected chi connectivity index (χ3v) is 5.48. The van der Waals surface area contributed by atoms with Crippen LogP contribution in [0, 0.1) is 13.8 Å². The highest BCUT2D eigenvalue weighted by atomic mass is 15.6. The summed E-state index contributed by atoms with van der Waals surface area (Å²) in [6.45, 7) is 5.06. The van der Waals surface area contributed by atoms with Gasteiger partial charge in [0.1, 0.15) is 0 Å². The first-order valence-electron chi connectivity index (χ1n) is 9.34. The van der Waals surface area contributed by atoms with Crippen LogP contribution in [0.3, 0.4) is 0 Å². The minimum Gasteiger partial charge on any atom is -0.301 e. The predicted octanol–water partition coefficient (Wildman–Crippen LogP) is 3.84. The Hall–Kier alpha value is -2.53. The first-order valence-corrected chi connectivity index (χ1v) is 9.34. The van der Waals surface area contributed by atoms with E-state index in [1.54, 1.807) is 0 Å². The zero-order valence-corrected chi connectivity index (χ0v) is 15.4. The lowest BCUT2D eigenvalue weighted by atomic mass is 9.95. The predicted molar refractivity (Wildman–Crippen MR) is 102 cm³/mol. The number of aryl methyl sites for hydroxylation is 2. The molecule has 26 heavy (non-hydrogen) atoms. The molecule has 5 nitrogen and oxygen atoms in total. The zero-order valence-electron chi connectivity index (χ0n) is 15.4. The van der Waals surface area contributed by atoms with Gasteiger partial charge in [-0.15, -0.1) is 5.10 Å². The average molecular weight is 347 g/mol. The fraction of sp³-hybridized carbons (Fsp3) is 0.381. The first-order chi connectivity index (χ1) is 12.7. The summed E-state index contributed by atoms with van der Waals surface area (Å²) >= 11 is 0. The van der Waals surface area contributed by atoms with Crippen molar-refractivity contribution < 1.29 is 0 Å². The zero-order chi connectivity index (χ0) is 18.0. The van der Waals surface area contributed by atoms with Crippen molar-refractivity contribution in [2.75, 3.05) is 0 Å². The Morgan fingerprint density at radius 2 is 1.65 bits per heavy atom. The quantitative estimate of drug-likeness (QED) is 0.762. The van der Waals surface area contributed by atoms with Gasteiger partial charge in [0.15, 0.2) is 5.82 Å². The fourth-order valence-corrected chi connectivity index (χ4v) is 4.10. The number of tetrazole rings is 1. The molecule has 2 aromatic carbocycles. The third kappa shape index (κ3) is 3.03. The lowest BCUT2D eigenvalue weighted by molar-refractivity contribution is 0.312. The van der Waals surface area contributed by atoms with Crippen molar-refractivity contribution in [1.82, 2.24) is 25.5 Å². The van der Waals surface area contributed by atoms with Gasteiger partial charge in [-0.25, -0.2) is 0 Å². The maximum Gasteiger partial charge on any atom is 0.176 e. The summed E-state index contributed by atoms with van der Waals surface area (Å²) in [5.41, 5.74) is 4.59. The van der Waals surface area contributed by atoms with Gasteiger partial charge in [0.2, 0.25) is 0 Å². The molecule has 0 unspecified atom stereocenters. The van der Waals surface area contributed by atoms with E-state index in [4.69, 9.17) is 0 Å². The van der Waals surface area contributed by atoms with Gasteiger partial charge in [-0.05, 0) is 53.8 Å². The molecule has 0 saturated heterocycles. The Morgan fingerprint density at radius 1 is 0.962 bits per heavy atom. The second-order valence-corrected chi connectivity index (χ2v) is 7.28. The minimum atomic E-state index is -0.173. The molecule has 1 aliphatic carbocycles. The molecule has 0 radical (unpaired) electrons. The standard InChI is InChI=1S/C21H25N5/c1-16-9-8-10-17(2)19(16)26-20(23-24-25-26)21(13-6-7-14-21)22-15-18-11-4-3-5-12-18/h3-5,8-12,22H,6-7,13-15H2,1-2H3. The van der Waals surface area contributed by atoms with E-state index in [1.807, 2.05) is 4.68 Å². The van der Waals surface area contributed by atoms with E-state index in [0.717, 1.165) is 30.9 Å². The van der Waals surface area contributed by atoms with E-state index >= 15 is 0 Å². The number of benzene rings is 2. The van der Waals surface area contributed by atoms with Crippen LogP contribution in [0.5, 0.6) is 0 Å². The number of aromatic nitrogens is 4. The molecule has 0 spiro atoms. The molecule has 4 rings (SSSR count). The summed E-state index contributed by atoms with van der Waals surface area (Å²) in [6.07, 6.45) is 4.51. The SMILES string of the molecule is Cc1cccc(C)c1-n1nnnc1C1(NCc2ccccc2)CCCC1. The normalized spacial score (nSPS) is 16.1. The largest absolute Gasteiger partial charge is 0.301 e. The summed E-state index contributed by atoms with van der Waals surface area (Å²) in [4.78, 5) is 0. The molecular weight excluding hydrogens is 322 g/mol. The van der Waals surface area contributed by atoms with E-state index in [9.17, 15) is 0 Å². The Bertz CT molecular complexity index is 858. The first kappa shape index (κ1) is 16.9. The highest BCUT2D eigenvalue weighted by molar-refractivity contribution is 5.47. The Morgan fingerprint density at radius 3 is 2.35 bits per heavy atom. The maximum absolute atomic E-state index is 4.48. The van der Waals surface area contributed by atoms with Gasteiger partial charge in [0.25, 0.3) is 0 Å². The number of para-hydroxylation sites is 1. The molecule has 0 bridgehead atoms. The van der Waals surface area contributed by atoms with Crippen molar-refractivity contribution in [2.45, 2.75) is 51.6 Å². The van der Waals surface area contributed by atoms with E-state index in [-0.39, 0.29) is 5.54 Å². The topological polar surface area (TPSA) is 55.6 Å². The second-order valence-electron chi connectivity index (χ2n) is 7.28. The van der Waals surface area contributed by atoms with Gasteiger partial charge in [0.05, 0.1) is 11.2 Å². The van der Waals surface area contributed by atoms with E-state index in [2.05, 4.69) is 83.2 Å². The van der Waals surface area contributed by atoms with Gasteiger partial charge in [-0.3, -0.25) is 0 Å². The van der Waals surface area contributed by atoms with Gasteiger partial charge in [-0.2, -0.15) is 4.68 Å². The lowest BCUT2D eigenvalue weighted by Crippen LogP contribution is -2.42. The average Bonchev–Trinajstić information content (AvgIpc) is 3.31. The number of nitrogens with one attached hydrogen (secondary N) is 1. The number of hydrogen-bond donors (Lipinski definition) is 1. The molecule has 0 atom stereocenters. The molecule has 1 fully saturated rings. The van der Waals surface area contributed by atoms with Gasteiger partial charge in [0, 0.05) is 6.54 Å². The van der Waals surface area contributed by atoms with E-state index in [0.29, 0.717) is 0 Å². The Labute approximate surface area is 154 Å². The van der Waals surface area contributed by atoms with Crippen molar-refractivity contribution in [1.29, 1.82) is 0 Å². The summed E-state index contributed by atoms with van der Waals surface area (Å²) in [5, 5.41) is 16.7. The molecule has 0 amide bonds. The van der Waals surface area contributed by atoms with Crippen molar-refractivity contribution in [3.63, 3.8) is 0 Å². The van der Waals surface area contributed by atoms with Crippen LogP contribution in [0.4, 0.5) is 0 Å². The number of rotatable bonds is 5. The summed E-state index contributed by atoms with van der Waals surface area (Å²) in [5.74, 6) is 0.934. The molecule has 1 aromatic heterocycles. The van der Waals surface area contributed by atoms with Crippen LogP contribution < -0.4 is 5.32 Å². The summed E-state index contributed by atoms with van der Waals surface area (Å²) in [7, 11) is 0. The summed E-state index contributed by atoms with van der Waals surface area (Å²) < 4.78 is 1.95. The maximum atomic E-state index is 4.48. The minimum absolute atomic E-state index is 0.173. The smallest absolute Gasteiger partial charge is 0.176 e. The van der Waals surface area contributed by atoms with Crippen molar-refractivity contribution in [3.8, 4) is 5.69 Å². The third-order valence-electron chi connectivity index (χ3n) is 5.48. The molecule has 0 aliphatic heterocycles. The lowest BCUT2D eigenvalue weighted by Gasteiger charge is -2.29. The van der Waals surface area contributed by atoms with E-state index < -0.39 is 0 Å². The second kappa shape index (κ2) is 7.00. The summed E-state index contributed by atoms with van der Waals surface area (Å²) in [6, 6.07) is 16.8. The monoisotopic (exact) mass is 347 g/mol. The molecular formula is C21H25N5. The fourth-order valence-electron chi connectivity index (χ4n) is 4.10. The van der Waals surface area contributed by atoms with Crippen LogP contribution in [-0.2, 0) is 12.1 Å². The van der Waals surface area contributed by atoms with Crippen molar-refractivity contribution in [3.05, 3.63) is 71.0 Å². The van der Waals surface area contributed by atoms with E-state index in [1.165, 1.54) is 29.5 Å². The number of hydrogen-bond acceptors (Lipinski definition) is 4. The van der Waals surface area contributed by atoms with Crippen LogP contribution in [0.25, 0.3) is 5.69 Å². The van der Waals surface area contributed by atoms with Gasteiger partial charge in [-0.1, -0.05) is 61.4 Å². The highest BCUT2D eigenvalue weighted by Crippen LogP contribution is 2.39. The molecule has 1 N–H and O–H groups in total. The molecule has 134 valence electrons. The van der Waals surface area contributed by atoms with Crippen LogP contribution in [-0.4, -0.2) is 20.2 Å². The molecule has 1 heterocycles. The highest BCUT2D eigenvalue weighted by Gasteiger charge is 2.40. The van der Waals surface area contributed by atoms with Gasteiger partial charge < -0.3 is 5.32 Å². The molecule has 1 saturated carbocycles. The van der Waals surface area contributed by atoms with Crippen LogP contribution in [0.2, 0.25) is 0 Å². The molecule has 3 aromatic rings. The van der Waals surface area contributed by atoms with Crippen molar-refractivity contribution >= 4 is 0 Å². The van der Waals surface area contributed by atoms with Crippen LogP contribution >= 0.6 is 0 Å². The molecule has 1 aliphatic rings. The number of nitrogens with zero attached hydrogens (tertiary/aromatic N) is 4. The van der Waals surface area contributed by atoms with Crippen LogP contribution in [0.15, 0.2) is 48.5 Å². The van der Waals surface area contributed by atoms with Crippen LogP contribution in [0.1, 0.15) is 48.2 Å². The Balaban J connectivity index is 1.72.